The highest BCUT2D eigenvalue weighted by Crippen LogP contribution is 2.61. The van der Waals surface area contributed by atoms with Crippen molar-refractivity contribution < 1.29 is 0 Å². The lowest BCUT2D eigenvalue weighted by atomic mass is 9.62. The van der Waals surface area contributed by atoms with E-state index in [9.17, 15) is 0 Å². The third-order valence-corrected chi connectivity index (χ3v) is 14.5. The molecule has 0 amide bonds. The Balaban J connectivity index is 1.22. The zero-order chi connectivity index (χ0) is 38.8. The molecule has 0 fully saturated rings. The fourth-order valence-electron chi connectivity index (χ4n) is 11.3. The van der Waals surface area contributed by atoms with Gasteiger partial charge in [0.05, 0.1) is 16.6 Å². The minimum atomic E-state index is 0.288. The molecule has 0 radical (unpaired) electrons. The van der Waals surface area contributed by atoms with E-state index in [0.717, 1.165) is 12.8 Å². The van der Waals surface area contributed by atoms with Crippen LogP contribution in [0.15, 0.2) is 152 Å². The highest BCUT2D eigenvalue weighted by molar-refractivity contribution is 6.15. The van der Waals surface area contributed by atoms with Crippen LogP contribution in [-0.4, -0.2) is 9.13 Å². The van der Waals surface area contributed by atoms with E-state index in [4.69, 9.17) is 0 Å². The summed E-state index contributed by atoms with van der Waals surface area (Å²) in [7, 11) is 0. The molecule has 2 aromatic heterocycles. The maximum atomic E-state index is 2.67. The lowest BCUT2D eigenvalue weighted by Gasteiger charge is -2.42. The third kappa shape index (κ3) is 4.60. The van der Waals surface area contributed by atoms with E-state index in [1.54, 1.807) is 0 Å². The molecule has 0 saturated carbocycles. The first-order chi connectivity index (χ1) is 28.5. The molecule has 0 bridgehead atoms. The second kappa shape index (κ2) is 12.6. The summed E-state index contributed by atoms with van der Waals surface area (Å²) < 4.78 is 5.26. The van der Waals surface area contributed by atoms with Gasteiger partial charge in [-0.25, -0.2) is 0 Å². The lowest BCUT2D eigenvalue weighted by molar-refractivity contribution is 0.584. The van der Waals surface area contributed by atoms with E-state index in [-0.39, 0.29) is 5.92 Å². The Morgan fingerprint density at radius 2 is 0.948 bits per heavy atom. The van der Waals surface area contributed by atoms with Crippen LogP contribution in [0.25, 0.3) is 78.0 Å². The van der Waals surface area contributed by atoms with Crippen LogP contribution in [0.2, 0.25) is 0 Å². The quantitative estimate of drug-likeness (QED) is 0.170. The van der Waals surface area contributed by atoms with Crippen molar-refractivity contribution in [2.45, 2.75) is 64.2 Å². The first-order valence-corrected chi connectivity index (χ1v) is 21.3. The highest BCUT2D eigenvalue weighted by Gasteiger charge is 2.43. The summed E-state index contributed by atoms with van der Waals surface area (Å²) in [6, 6.07) is 56.6. The number of benzene rings is 7. The number of rotatable bonds is 4. The number of allylic oxidation sites excluding steroid dienone is 1. The van der Waals surface area contributed by atoms with Gasteiger partial charge in [0.15, 0.2) is 0 Å². The molecule has 2 heterocycles. The van der Waals surface area contributed by atoms with Gasteiger partial charge in [-0.2, -0.15) is 0 Å². The Kier molecular flexibility index (Phi) is 7.30. The van der Waals surface area contributed by atoms with Gasteiger partial charge in [-0.3, -0.25) is 0 Å². The van der Waals surface area contributed by atoms with Crippen LogP contribution in [0.1, 0.15) is 96.9 Å². The molecule has 2 heteroatoms. The molecule has 9 aromatic rings. The summed E-state index contributed by atoms with van der Waals surface area (Å²) in [5.74, 6) is 1.32. The number of para-hydroxylation sites is 2. The predicted octanol–water partition coefficient (Wildman–Crippen LogP) is 15.0. The lowest BCUT2D eigenvalue weighted by Crippen LogP contribution is -2.24. The van der Waals surface area contributed by atoms with Crippen molar-refractivity contribution >= 4 is 44.4 Å². The number of nitrogens with zero attached hydrogens (tertiary/aromatic N) is 2. The van der Waals surface area contributed by atoms with Crippen molar-refractivity contribution in [3.05, 3.63) is 191 Å². The van der Waals surface area contributed by atoms with E-state index in [2.05, 4.69) is 195 Å². The van der Waals surface area contributed by atoms with E-state index in [0.29, 0.717) is 17.8 Å². The average molecular weight is 747 g/mol. The Bertz CT molecular complexity index is 3140. The molecule has 4 unspecified atom stereocenters. The Hall–Kier alpha value is -6.38. The molecule has 0 aliphatic heterocycles. The summed E-state index contributed by atoms with van der Waals surface area (Å²) >= 11 is 0. The van der Waals surface area contributed by atoms with E-state index in [1.165, 1.54) is 111 Å². The zero-order valence-corrected chi connectivity index (χ0v) is 33.6. The second-order valence-corrected chi connectivity index (χ2v) is 17.3. The topological polar surface area (TPSA) is 9.86 Å². The van der Waals surface area contributed by atoms with Crippen LogP contribution in [0, 0.1) is 0 Å². The van der Waals surface area contributed by atoms with Crippen LogP contribution in [-0.2, 0) is 6.42 Å². The number of hydrogen-bond donors (Lipinski definition) is 0. The molecule has 280 valence electrons. The van der Waals surface area contributed by atoms with Gasteiger partial charge >= 0.3 is 0 Å². The van der Waals surface area contributed by atoms with Crippen molar-refractivity contribution in [3.63, 3.8) is 0 Å². The molecule has 12 rings (SSSR count). The van der Waals surface area contributed by atoms with Crippen molar-refractivity contribution in [1.82, 2.24) is 9.13 Å². The molecular weight excluding hydrogens is 701 g/mol. The van der Waals surface area contributed by atoms with Crippen molar-refractivity contribution in [3.8, 4) is 33.6 Å². The van der Waals surface area contributed by atoms with Gasteiger partial charge in [0.2, 0.25) is 0 Å². The fraction of sp³-hybridized carbons (Fsp3) is 0.179. The summed E-state index contributed by atoms with van der Waals surface area (Å²) in [5.41, 5.74) is 23.8. The first kappa shape index (κ1) is 33.7. The van der Waals surface area contributed by atoms with Crippen LogP contribution < -0.4 is 0 Å². The maximum Gasteiger partial charge on any atom is 0.0582 e. The minimum absolute atomic E-state index is 0.288. The van der Waals surface area contributed by atoms with Gasteiger partial charge < -0.3 is 9.13 Å². The van der Waals surface area contributed by atoms with Gasteiger partial charge in [-0.15, -0.1) is 0 Å². The summed E-state index contributed by atoms with van der Waals surface area (Å²) in [6.45, 7) is 10.0. The zero-order valence-electron chi connectivity index (χ0n) is 33.6. The molecule has 0 saturated heterocycles. The second-order valence-electron chi connectivity index (χ2n) is 17.3. The molecule has 0 N–H and O–H groups in total. The number of fused-ring (bicyclic) bond motifs is 8. The largest absolute Gasteiger partial charge is 0.313 e. The number of hydrogen-bond acceptors (Lipinski definition) is 0. The molecule has 58 heavy (non-hydrogen) atoms. The average Bonchev–Trinajstić information content (AvgIpc) is 3.79. The van der Waals surface area contributed by atoms with E-state index < -0.39 is 0 Å². The fourth-order valence-corrected chi connectivity index (χ4v) is 11.3. The van der Waals surface area contributed by atoms with Crippen LogP contribution in [0.4, 0.5) is 0 Å². The van der Waals surface area contributed by atoms with Gasteiger partial charge in [-0.1, -0.05) is 131 Å². The van der Waals surface area contributed by atoms with Crippen molar-refractivity contribution in [2.24, 2.45) is 0 Å². The minimum Gasteiger partial charge on any atom is -0.313 e. The monoisotopic (exact) mass is 746 g/mol. The molecular formula is C56H46N2. The third-order valence-electron chi connectivity index (χ3n) is 14.5. The van der Waals surface area contributed by atoms with Crippen molar-refractivity contribution in [2.75, 3.05) is 0 Å². The standard InChI is InChI=1S/C56H46N2/c1-33-34(2)44-32-48-46-30-40(38-19-11-6-12-20-38)26-28-50(46)58(42-23-15-8-16-24-42)56(48)52-36(4)35(3)51-53(54(44)52)43(33)31-47-45-29-39(37-17-9-5-10-18-37)25-27-49(45)57(55(47)51)41-21-13-7-14-22-41/h5-25,27,29-36H,26,28H2,1-4H3. The molecule has 4 atom stereocenters. The molecule has 3 aliphatic carbocycles. The van der Waals surface area contributed by atoms with Crippen molar-refractivity contribution in [1.29, 1.82) is 0 Å². The Labute approximate surface area is 340 Å². The smallest absolute Gasteiger partial charge is 0.0582 e. The Morgan fingerprint density at radius 1 is 0.431 bits per heavy atom. The normalized spacial score (nSPS) is 19.3. The number of aromatic nitrogens is 2. The summed E-state index contributed by atoms with van der Waals surface area (Å²) in [6.07, 6.45) is 4.59. The highest BCUT2D eigenvalue weighted by atomic mass is 15.0. The summed E-state index contributed by atoms with van der Waals surface area (Å²) in [4.78, 5) is 0. The maximum absolute atomic E-state index is 2.67. The van der Waals surface area contributed by atoms with Crippen LogP contribution in [0.3, 0.4) is 0 Å². The molecule has 2 nitrogen and oxygen atoms in total. The van der Waals surface area contributed by atoms with Gasteiger partial charge in [0, 0.05) is 38.8 Å². The van der Waals surface area contributed by atoms with Crippen LogP contribution >= 0.6 is 0 Å². The van der Waals surface area contributed by atoms with Gasteiger partial charge in [0.25, 0.3) is 0 Å². The molecule has 7 aromatic carbocycles. The van der Waals surface area contributed by atoms with Gasteiger partial charge in [0.1, 0.15) is 0 Å². The summed E-state index contributed by atoms with van der Waals surface area (Å²) in [5, 5.41) is 4.12. The van der Waals surface area contributed by atoms with E-state index >= 15 is 0 Å². The first-order valence-electron chi connectivity index (χ1n) is 21.3. The molecule has 0 spiro atoms. The SMILES string of the molecule is CC1c2cc3c4c(n(-c5ccccc5)c3c3c2-c2c(cc5c6cc(-c7ccccc7)ccc6n(-c6ccccc6)c5c2C(C)C3C)C1C)CCC(c1ccccc1)=C4. The molecule has 3 aliphatic rings. The van der Waals surface area contributed by atoms with E-state index in [1.807, 2.05) is 0 Å². The predicted molar refractivity (Wildman–Crippen MR) is 245 cm³/mol. The van der Waals surface area contributed by atoms with Crippen LogP contribution in [0.5, 0.6) is 0 Å². The Morgan fingerprint density at radius 3 is 1.55 bits per heavy atom. The van der Waals surface area contributed by atoms with Gasteiger partial charge in [-0.05, 0) is 147 Å².